The predicted molar refractivity (Wildman–Crippen MR) is 123 cm³/mol. The molecule has 8 heteroatoms. The summed E-state index contributed by atoms with van der Waals surface area (Å²) in [5.41, 5.74) is 1.00. The first-order valence-electron chi connectivity index (χ1n) is 11.1. The molecule has 2 N–H and O–H groups in total. The zero-order valence-corrected chi connectivity index (χ0v) is 19.6. The molecule has 2 atom stereocenters. The van der Waals surface area contributed by atoms with Gasteiger partial charge in [0.1, 0.15) is 11.6 Å². The van der Waals surface area contributed by atoms with Gasteiger partial charge in [-0.1, -0.05) is 26.8 Å². The lowest BCUT2D eigenvalue weighted by molar-refractivity contribution is -0.00545. The molecule has 0 bridgehead atoms. The number of guanidine groups is 1. The third-order valence-electron chi connectivity index (χ3n) is 5.02. The summed E-state index contributed by atoms with van der Waals surface area (Å²) >= 11 is 0. The van der Waals surface area contributed by atoms with Crippen LogP contribution in [0.2, 0.25) is 0 Å². The minimum absolute atomic E-state index is 0.0553. The van der Waals surface area contributed by atoms with Gasteiger partial charge in [0.05, 0.1) is 31.5 Å². The lowest BCUT2D eigenvalue weighted by Gasteiger charge is -2.36. The summed E-state index contributed by atoms with van der Waals surface area (Å²) in [5.74, 6) is 3.23. The zero-order valence-electron chi connectivity index (χ0n) is 19.6. The van der Waals surface area contributed by atoms with Gasteiger partial charge in [0, 0.05) is 31.2 Å². The third-order valence-corrected chi connectivity index (χ3v) is 5.02. The fraction of sp³-hybridized carbons (Fsp3) is 0.609. The van der Waals surface area contributed by atoms with Gasteiger partial charge in [0.2, 0.25) is 5.89 Å². The molecule has 0 aliphatic carbocycles. The number of aromatic nitrogens is 2. The van der Waals surface area contributed by atoms with Crippen molar-refractivity contribution in [1.29, 1.82) is 0 Å². The molecule has 1 aliphatic heterocycles. The molecule has 0 radical (unpaired) electrons. The number of morpholine rings is 1. The van der Waals surface area contributed by atoms with Crippen LogP contribution in [0.15, 0.2) is 33.9 Å². The predicted octanol–water partition coefficient (Wildman–Crippen LogP) is 3.24. The van der Waals surface area contributed by atoms with Crippen LogP contribution in [0, 0.1) is 0 Å². The van der Waals surface area contributed by atoms with Crippen LogP contribution in [0.25, 0.3) is 0 Å². The Morgan fingerprint density at radius 1 is 1.13 bits per heavy atom. The van der Waals surface area contributed by atoms with Crippen molar-refractivity contribution >= 4 is 11.8 Å². The number of hydrogen-bond acceptors (Lipinski definition) is 6. The first-order chi connectivity index (χ1) is 14.7. The number of pyridine rings is 1. The van der Waals surface area contributed by atoms with Crippen molar-refractivity contribution in [1.82, 2.24) is 20.6 Å². The second-order valence-corrected chi connectivity index (χ2v) is 9.10. The van der Waals surface area contributed by atoms with Gasteiger partial charge < -0.3 is 24.7 Å². The fourth-order valence-corrected chi connectivity index (χ4v) is 3.47. The van der Waals surface area contributed by atoms with Gasteiger partial charge in [0.15, 0.2) is 5.96 Å². The van der Waals surface area contributed by atoms with E-state index in [9.17, 15) is 0 Å². The Morgan fingerprint density at radius 3 is 2.45 bits per heavy atom. The first kappa shape index (κ1) is 23.1. The van der Waals surface area contributed by atoms with Gasteiger partial charge in [-0.05, 0) is 32.4 Å². The Balaban J connectivity index is 1.58. The van der Waals surface area contributed by atoms with Crippen LogP contribution in [0.5, 0.6) is 0 Å². The highest BCUT2D eigenvalue weighted by Gasteiger charge is 2.23. The molecule has 2 unspecified atom stereocenters. The number of ether oxygens (including phenoxy) is 1. The van der Waals surface area contributed by atoms with Crippen LogP contribution < -0.4 is 15.5 Å². The number of oxazole rings is 1. The standard InChI is InChI=1S/C23H36N6O2/c1-7-24-22(28-13-21-26-12-19(31-21)23(4,5)6)27-11-18-8-9-20(25-10-18)29-14-16(2)30-17(3)15-29/h8-10,12,16-17H,7,11,13-15H2,1-6H3,(H2,24,27,28). The molecule has 0 spiro atoms. The molecular weight excluding hydrogens is 392 g/mol. The Morgan fingerprint density at radius 2 is 1.87 bits per heavy atom. The van der Waals surface area contributed by atoms with Crippen LogP contribution in [0.4, 0.5) is 5.82 Å². The van der Waals surface area contributed by atoms with Crippen molar-refractivity contribution in [2.75, 3.05) is 24.5 Å². The maximum absolute atomic E-state index is 5.85. The Hall–Kier alpha value is -2.61. The number of rotatable bonds is 6. The van der Waals surface area contributed by atoms with E-state index in [4.69, 9.17) is 9.15 Å². The maximum atomic E-state index is 5.85. The van der Waals surface area contributed by atoms with Crippen molar-refractivity contribution in [2.24, 2.45) is 4.99 Å². The van der Waals surface area contributed by atoms with Crippen LogP contribution in [0.3, 0.4) is 0 Å². The van der Waals surface area contributed by atoms with Gasteiger partial charge in [-0.15, -0.1) is 0 Å². The second-order valence-electron chi connectivity index (χ2n) is 9.10. The van der Waals surface area contributed by atoms with E-state index in [1.165, 1.54) is 0 Å². The van der Waals surface area contributed by atoms with Crippen molar-refractivity contribution < 1.29 is 9.15 Å². The lowest BCUT2D eigenvalue weighted by atomic mass is 9.94. The molecule has 1 fully saturated rings. The highest BCUT2D eigenvalue weighted by Crippen LogP contribution is 2.22. The van der Waals surface area contributed by atoms with Gasteiger partial charge >= 0.3 is 0 Å². The monoisotopic (exact) mass is 428 g/mol. The third kappa shape index (κ3) is 6.69. The molecule has 2 aromatic rings. The number of nitrogens with zero attached hydrogens (tertiary/aromatic N) is 4. The topological polar surface area (TPSA) is 87.8 Å². The quantitative estimate of drug-likeness (QED) is 0.539. The average molecular weight is 429 g/mol. The van der Waals surface area contributed by atoms with Crippen LogP contribution in [-0.2, 0) is 23.2 Å². The molecule has 1 saturated heterocycles. The summed E-state index contributed by atoms with van der Waals surface area (Å²) in [6.07, 6.45) is 4.12. The summed E-state index contributed by atoms with van der Waals surface area (Å²) < 4.78 is 11.7. The van der Waals surface area contributed by atoms with Crippen molar-refractivity contribution in [3.05, 3.63) is 41.7 Å². The normalized spacial score (nSPS) is 20.1. The molecule has 31 heavy (non-hydrogen) atoms. The number of nitrogens with one attached hydrogen (secondary N) is 2. The Bertz CT molecular complexity index is 846. The van der Waals surface area contributed by atoms with Gasteiger partial charge in [-0.2, -0.15) is 0 Å². The molecule has 170 valence electrons. The zero-order chi connectivity index (χ0) is 22.4. The molecule has 0 aromatic carbocycles. The molecule has 8 nitrogen and oxygen atoms in total. The Kier molecular flexibility index (Phi) is 7.54. The van der Waals surface area contributed by atoms with E-state index < -0.39 is 0 Å². The average Bonchev–Trinajstić information content (AvgIpc) is 3.19. The number of anilines is 1. The van der Waals surface area contributed by atoms with Crippen molar-refractivity contribution in [3.63, 3.8) is 0 Å². The molecule has 3 rings (SSSR count). The van der Waals surface area contributed by atoms with Gasteiger partial charge in [-0.3, -0.25) is 0 Å². The van der Waals surface area contributed by atoms with Crippen LogP contribution in [0.1, 0.15) is 58.8 Å². The second kappa shape index (κ2) is 10.1. The maximum Gasteiger partial charge on any atom is 0.213 e. The molecule has 3 heterocycles. The highest BCUT2D eigenvalue weighted by molar-refractivity contribution is 5.79. The SMILES string of the molecule is CCNC(=NCc1ccc(N2CC(C)OC(C)C2)nc1)NCc1ncc(C(C)(C)C)o1. The number of hydrogen-bond donors (Lipinski definition) is 2. The summed E-state index contributed by atoms with van der Waals surface area (Å²) in [5, 5.41) is 6.54. The highest BCUT2D eigenvalue weighted by atomic mass is 16.5. The summed E-state index contributed by atoms with van der Waals surface area (Å²) in [6.45, 7) is 16.1. The van der Waals surface area contributed by atoms with Crippen molar-refractivity contribution in [3.8, 4) is 0 Å². The van der Waals surface area contributed by atoms with Crippen LogP contribution >= 0.6 is 0 Å². The molecule has 0 saturated carbocycles. The summed E-state index contributed by atoms with van der Waals surface area (Å²) in [7, 11) is 0. The van der Waals surface area contributed by atoms with Crippen molar-refractivity contribution in [2.45, 2.75) is 72.3 Å². The first-order valence-corrected chi connectivity index (χ1v) is 11.1. The van der Waals surface area contributed by atoms with E-state index in [1.54, 1.807) is 6.20 Å². The fourth-order valence-electron chi connectivity index (χ4n) is 3.47. The smallest absolute Gasteiger partial charge is 0.213 e. The van der Waals surface area contributed by atoms with E-state index in [-0.39, 0.29) is 17.6 Å². The van der Waals surface area contributed by atoms with E-state index in [1.807, 2.05) is 13.1 Å². The molecule has 1 aliphatic rings. The van der Waals surface area contributed by atoms with E-state index in [0.717, 1.165) is 42.7 Å². The Labute approximate surface area is 185 Å². The minimum Gasteiger partial charge on any atom is -0.443 e. The van der Waals surface area contributed by atoms with E-state index in [0.29, 0.717) is 19.0 Å². The van der Waals surface area contributed by atoms with E-state index >= 15 is 0 Å². The van der Waals surface area contributed by atoms with Gasteiger partial charge in [-0.25, -0.2) is 15.0 Å². The van der Waals surface area contributed by atoms with E-state index in [2.05, 4.69) is 77.2 Å². The largest absolute Gasteiger partial charge is 0.443 e. The summed E-state index contributed by atoms with van der Waals surface area (Å²) in [6, 6.07) is 4.15. The number of aliphatic imine (C=N–C) groups is 1. The molecule has 0 amide bonds. The molecule has 2 aromatic heterocycles. The van der Waals surface area contributed by atoms with Crippen LogP contribution in [-0.4, -0.2) is 47.8 Å². The molecular formula is C23H36N6O2. The minimum atomic E-state index is -0.0553. The van der Waals surface area contributed by atoms with Gasteiger partial charge in [0.25, 0.3) is 0 Å². The summed E-state index contributed by atoms with van der Waals surface area (Å²) in [4.78, 5) is 16.0. The lowest BCUT2D eigenvalue weighted by Crippen LogP contribution is -2.45.